The predicted octanol–water partition coefficient (Wildman–Crippen LogP) is 1.52. The first-order chi connectivity index (χ1) is 7.58. The molecule has 0 aliphatic carbocycles. The average molecular weight is 219 g/mol. The van der Waals surface area contributed by atoms with Gasteiger partial charge in [-0.05, 0) is 12.8 Å². The van der Waals surface area contributed by atoms with E-state index in [4.69, 9.17) is 0 Å². The summed E-state index contributed by atoms with van der Waals surface area (Å²) in [7, 11) is 2.07. The number of nitrogens with zero attached hydrogens (tertiary/aromatic N) is 5. The molecular formula is C11H17N5. The van der Waals surface area contributed by atoms with E-state index in [2.05, 4.69) is 40.9 Å². The number of aryl methyl sites for hydroxylation is 1. The molecule has 0 unspecified atom stereocenters. The predicted molar refractivity (Wildman–Crippen MR) is 63.6 cm³/mol. The number of rotatable bonds is 3. The molecule has 0 aliphatic heterocycles. The number of fused-ring (bicyclic) bond motifs is 1. The third-order valence-electron chi connectivity index (χ3n) is 2.39. The second kappa shape index (κ2) is 4.08. The molecule has 0 aromatic carbocycles. The molecule has 2 rings (SSSR count). The highest BCUT2D eigenvalue weighted by atomic mass is 15.4. The zero-order valence-electron chi connectivity index (χ0n) is 10.2. The molecule has 5 heteroatoms. The Morgan fingerprint density at radius 1 is 1.44 bits per heavy atom. The van der Waals surface area contributed by atoms with Gasteiger partial charge in [0.15, 0.2) is 0 Å². The van der Waals surface area contributed by atoms with Gasteiger partial charge >= 0.3 is 0 Å². The van der Waals surface area contributed by atoms with E-state index in [0.717, 1.165) is 18.1 Å². The van der Waals surface area contributed by atoms with Crippen LogP contribution >= 0.6 is 0 Å². The maximum Gasteiger partial charge on any atom is 0.254 e. The van der Waals surface area contributed by atoms with Gasteiger partial charge in [-0.15, -0.1) is 0 Å². The fourth-order valence-electron chi connectivity index (χ4n) is 1.82. The molecule has 0 saturated heterocycles. The highest BCUT2D eigenvalue weighted by molar-refractivity contribution is 5.46. The second-order valence-electron chi connectivity index (χ2n) is 4.50. The van der Waals surface area contributed by atoms with Crippen LogP contribution in [0.1, 0.15) is 19.5 Å². The van der Waals surface area contributed by atoms with Crippen LogP contribution < -0.4 is 4.90 Å². The second-order valence-corrected chi connectivity index (χ2v) is 4.50. The fourth-order valence-corrected chi connectivity index (χ4v) is 1.82. The maximum atomic E-state index is 4.32. The Bertz CT molecular complexity index is 488. The number of hydrogen-bond acceptors (Lipinski definition) is 4. The molecule has 0 fully saturated rings. The molecule has 0 saturated carbocycles. The lowest BCUT2D eigenvalue weighted by Crippen LogP contribution is -2.25. The first-order valence-electron chi connectivity index (χ1n) is 5.46. The van der Waals surface area contributed by atoms with Crippen molar-refractivity contribution in [2.45, 2.75) is 20.8 Å². The SMILES string of the molecule is Cc1cc(N(C)CC(C)C)n2ncnc2n1. The van der Waals surface area contributed by atoms with Gasteiger partial charge in [0.05, 0.1) is 0 Å². The molecule has 0 radical (unpaired) electrons. The van der Waals surface area contributed by atoms with Gasteiger partial charge in [0.25, 0.3) is 5.78 Å². The highest BCUT2D eigenvalue weighted by Crippen LogP contribution is 2.15. The Morgan fingerprint density at radius 2 is 2.19 bits per heavy atom. The van der Waals surface area contributed by atoms with E-state index in [1.165, 1.54) is 6.33 Å². The lowest BCUT2D eigenvalue weighted by molar-refractivity contribution is 0.629. The zero-order chi connectivity index (χ0) is 11.7. The smallest absolute Gasteiger partial charge is 0.254 e. The van der Waals surface area contributed by atoms with Crippen LogP contribution in [-0.4, -0.2) is 33.2 Å². The molecule has 0 N–H and O–H groups in total. The minimum absolute atomic E-state index is 0.608. The Morgan fingerprint density at radius 3 is 2.88 bits per heavy atom. The van der Waals surface area contributed by atoms with Crippen LogP contribution in [0.3, 0.4) is 0 Å². The summed E-state index contributed by atoms with van der Waals surface area (Å²) in [6, 6.07) is 2.03. The molecule has 86 valence electrons. The van der Waals surface area contributed by atoms with Crippen LogP contribution in [0.5, 0.6) is 0 Å². The third-order valence-corrected chi connectivity index (χ3v) is 2.39. The minimum Gasteiger partial charge on any atom is -0.359 e. The van der Waals surface area contributed by atoms with Gasteiger partial charge in [-0.1, -0.05) is 13.8 Å². The average Bonchev–Trinajstić information content (AvgIpc) is 2.62. The summed E-state index contributed by atoms with van der Waals surface area (Å²) >= 11 is 0. The summed E-state index contributed by atoms with van der Waals surface area (Å²) in [5.74, 6) is 2.30. The molecular weight excluding hydrogens is 202 g/mol. The molecule has 2 aromatic heterocycles. The van der Waals surface area contributed by atoms with Crippen molar-refractivity contribution in [3.8, 4) is 0 Å². The molecule has 16 heavy (non-hydrogen) atoms. The van der Waals surface area contributed by atoms with Crippen LogP contribution in [0.4, 0.5) is 5.82 Å². The molecule has 0 atom stereocenters. The fraction of sp³-hybridized carbons (Fsp3) is 0.545. The lowest BCUT2D eigenvalue weighted by atomic mass is 10.2. The topological polar surface area (TPSA) is 46.3 Å². The summed E-state index contributed by atoms with van der Waals surface area (Å²) in [5, 5.41) is 4.19. The van der Waals surface area contributed by atoms with Crippen molar-refractivity contribution in [2.24, 2.45) is 5.92 Å². The van der Waals surface area contributed by atoms with Crippen molar-refractivity contribution in [1.82, 2.24) is 19.6 Å². The van der Waals surface area contributed by atoms with Gasteiger partial charge < -0.3 is 4.90 Å². The number of aromatic nitrogens is 4. The van der Waals surface area contributed by atoms with E-state index in [1.807, 2.05) is 13.0 Å². The zero-order valence-corrected chi connectivity index (χ0v) is 10.2. The van der Waals surface area contributed by atoms with Gasteiger partial charge in [0.2, 0.25) is 0 Å². The van der Waals surface area contributed by atoms with E-state index >= 15 is 0 Å². The van der Waals surface area contributed by atoms with Gasteiger partial charge in [-0.2, -0.15) is 14.6 Å². The molecule has 0 aliphatic rings. The molecule has 2 aromatic rings. The molecule has 0 bridgehead atoms. The lowest BCUT2D eigenvalue weighted by Gasteiger charge is -2.21. The van der Waals surface area contributed by atoms with Crippen molar-refractivity contribution in [2.75, 3.05) is 18.5 Å². The molecule has 0 spiro atoms. The minimum atomic E-state index is 0.608. The summed E-state index contributed by atoms with van der Waals surface area (Å²) in [6.45, 7) is 7.35. The monoisotopic (exact) mass is 219 g/mol. The molecule has 5 nitrogen and oxygen atoms in total. The standard InChI is InChI=1S/C11H17N5/c1-8(2)6-15(4)10-5-9(3)14-11-12-7-13-16(10)11/h5,7-8H,6H2,1-4H3. The summed E-state index contributed by atoms with van der Waals surface area (Å²) in [4.78, 5) is 10.6. The van der Waals surface area contributed by atoms with Gasteiger partial charge in [-0.25, -0.2) is 4.98 Å². The number of hydrogen-bond donors (Lipinski definition) is 0. The van der Waals surface area contributed by atoms with Gasteiger partial charge in [0.1, 0.15) is 12.1 Å². The van der Waals surface area contributed by atoms with Crippen molar-refractivity contribution >= 4 is 11.6 Å². The summed E-state index contributed by atoms with van der Waals surface area (Å²) in [6.07, 6.45) is 1.54. The van der Waals surface area contributed by atoms with E-state index in [9.17, 15) is 0 Å². The highest BCUT2D eigenvalue weighted by Gasteiger charge is 2.10. The van der Waals surface area contributed by atoms with E-state index in [0.29, 0.717) is 11.7 Å². The number of anilines is 1. The van der Waals surface area contributed by atoms with Crippen LogP contribution in [0, 0.1) is 12.8 Å². The van der Waals surface area contributed by atoms with Crippen LogP contribution in [0.25, 0.3) is 5.78 Å². The molecule has 2 heterocycles. The Kier molecular flexibility index (Phi) is 2.77. The first-order valence-corrected chi connectivity index (χ1v) is 5.46. The quantitative estimate of drug-likeness (QED) is 0.785. The van der Waals surface area contributed by atoms with Gasteiger partial charge in [-0.3, -0.25) is 0 Å². The van der Waals surface area contributed by atoms with Crippen LogP contribution in [0.2, 0.25) is 0 Å². The van der Waals surface area contributed by atoms with Crippen LogP contribution in [-0.2, 0) is 0 Å². The van der Waals surface area contributed by atoms with Gasteiger partial charge in [0, 0.05) is 25.4 Å². The Hall–Kier alpha value is -1.65. The Labute approximate surface area is 95.1 Å². The summed E-state index contributed by atoms with van der Waals surface area (Å²) in [5.41, 5.74) is 0.964. The first kappa shape index (κ1) is 10.9. The third kappa shape index (κ3) is 1.98. The van der Waals surface area contributed by atoms with Crippen molar-refractivity contribution in [1.29, 1.82) is 0 Å². The van der Waals surface area contributed by atoms with Crippen molar-refractivity contribution in [3.63, 3.8) is 0 Å². The molecule has 0 amide bonds. The van der Waals surface area contributed by atoms with Crippen molar-refractivity contribution in [3.05, 3.63) is 18.1 Å². The Balaban J connectivity index is 2.45. The summed E-state index contributed by atoms with van der Waals surface area (Å²) < 4.78 is 1.77. The van der Waals surface area contributed by atoms with E-state index in [-0.39, 0.29) is 0 Å². The largest absolute Gasteiger partial charge is 0.359 e. The van der Waals surface area contributed by atoms with Crippen LogP contribution in [0.15, 0.2) is 12.4 Å². The maximum absolute atomic E-state index is 4.32. The normalized spacial score (nSPS) is 11.3. The van der Waals surface area contributed by atoms with E-state index < -0.39 is 0 Å². The van der Waals surface area contributed by atoms with E-state index in [1.54, 1.807) is 4.52 Å². The van der Waals surface area contributed by atoms with Crippen molar-refractivity contribution < 1.29 is 0 Å².